The molecule has 1 amide bonds. The van der Waals surface area contributed by atoms with Crippen LogP contribution in [-0.4, -0.2) is 33.3 Å². The summed E-state index contributed by atoms with van der Waals surface area (Å²) in [6.45, 7) is 3.91. The van der Waals surface area contributed by atoms with Crippen LogP contribution in [0, 0.1) is 6.92 Å². The fourth-order valence-corrected chi connectivity index (χ4v) is 3.56. The molecule has 2 atom stereocenters. The van der Waals surface area contributed by atoms with E-state index in [1.807, 2.05) is 19.9 Å². The zero-order valence-corrected chi connectivity index (χ0v) is 13.6. The number of amides is 1. The van der Waals surface area contributed by atoms with E-state index in [4.69, 9.17) is 8.92 Å². The molecule has 2 unspecified atom stereocenters. The van der Waals surface area contributed by atoms with Crippen LogP contribution in [-0.2, 0) is 25.5 Å². The average molecular weight is 325 g/mol. The summed E-state index contributed by atoms with van der Waals surface area (Å²) in [5, 5.41) is 2.92. The van der Waals surface area contributed by atoms with E-state index in [2.05, 4.69) is 5.32 Å². The van der Waals surface area contributed by atoms with Crippen molar-refractivity contribution in [2.45, 2.75) is 38.7 Å². The third-order valence-electron chi connectivity index (χ3n) is 4.11. The van der Waals surface area contributed by atoms with Gasteiger partial charge in [0.25, 0.3) is 10.1 Å². The quantitative estimate of drug-likeness (QED) is 0.853. The molecule has 0 fully saturated rings. The maximum atomic E-state index is 12.1. The summed E-state index contributed by atoms with van der Waals surface area (Å²) in [5.74, 6) is 0.500. The average Bonchev–Trinajstić information content (AvgIpc) is 2.96. The van der Waals surface area contributed by atoms with E-state index in [1.54, 1.807) is 0 Å². The number of aryl methyl sites for hydroxylation is 1. The molecule has 1 N–H and O–H groups in total. The Hall–Kier alpha value is -1.60. The van der Waals surface area contributed by atoms with Crippen molar-refractivity contribution in [1.82, 2.24) is 0 Å². The minimum Gasteiger partial charge on any atom is -0.487 e. The molecule has 3 rings (SSSR count). The zero-order valence-electron chi connectivity index (χ0n) is 12.8. The molecule has 120 valence electrons. The lowest BCUT2D eigenvalue weighted by Crippen LogP contribution is -2.22. The van der Waals surface area contributed by atoms with Gasteiger partial charge in [0.2, 0.25) is 5.91 Å². The second kappa shape index (κ2) is 5.24. The highest BCUT2D eigenvalue weighted by atomic mass is 32.2. The highest BCUT2D eigenvalue weighted by Gasteiger charge is 2.38. The molecule has 2 aliphatic heterocycles. The van der Waals surface area contributed by atoms with Crippen LogP contribution in [0.2, 0.25) is 0 Å². The topological polar surface area (TPSA) is 81.7 Å². The molecule has 2 heterocycles. The monoisotopic (exact) mass is 325 g/mol. The van der Waals surface area contributed by atoms with Gasteiger partial charge >= 0.3 is 0 Å². The van der Waals surface area contributed by atoms with E-state index in [0.717, 1.165) is 28.6 Å². The third-order valence-corrected chi connectivity index (χ3v) is 4.68. The fourth-order valence-electron chi connectivity index (χ4n) is 3.16. The smallest absolute Gasteiger partial charge is 0.264 e. The zero-order chi connectivity index (χ0) is 16.1. The van der Waals surface area contributed by atoms with Gasteiger partial charge in [0.1, 0.15) is 18.5 Å². The van der Waals surface area contributed by atoms with Crippen LogP contribution in [0.5, 0.6) is 5.75 Å². The minimum atomic E-state index is -3.49. The van der Waals surface area contributed by atoms with Crippen molar-refractivity contribution < 1.29 is 22.1 Å². The molecular weight excluding hydrogens is 306 g/mol. The van der Waals surface area contributed by atoms with Crippen molar-refractivity contribution in [2.75, 3.05) is 18.2 Å². The maximum absolute atomic E-state index is 12.1. The summed E-state index contributed by atoms with van der Waals surface area (Å²) >= 11 is 0. The van der Waals surface area contributed by atoms with E-state index in [1.165, 1.54) is 0 Å². The van der Waals surface area contributed by atoms with Gasteiger partial charge in [-0.1, -0.05) is 13.0 Å². The molecule has 0 radical (unpaired) electrons. The summed E-state index contributed by atoms with van der Waals surface area (Å²) in [6, 6.07) is 1.99. The van der Waals surface area contributed by atoms with Gasteiger partial charge < -0.3 is 10.1 Å². The summed E-state index contributed by atoms with van der Waals surface area (Å²) < 4.78 is 33.0. The number of fused-ring (bicyclic) bond motifs is 3. The van der Waals surface area contributed by atoms with Crippen LogP contribution in [0.15, 0.2) is 6.07 Å². The second-order valence-corrected chi connectivity index (χ2v) is 7.50. The molecule has 0 aliphatic carbocycles. The Morgan fingerprint density at radius 1 is 1.45 bits per heavy atom. The van der Waals surface area contributed by atoms with E-state index in [0.29, 0.717) is 18.6 Å². The van der Waals surface area contributed by atoms with Gasteiger partial charge in [0.15, 0.2) is 0 Å². The Balaban J connectivity index is 1.91. The van der Waals surface area contributed by atoms with Crippen LogP contribution in [0.25, 0.3) is 0 Å². The number of benzene rings is 1. The first-order valence-electron chi connectivity index (χ1n) is 7.28. The third kappa shape index (κ3) is 2.59. The number of ether oxygens (including phenoxy) is 1. The van der Waals surface area contributed by atoms with Crippen LogP contribution in [0.1, 0.15) is 36.0 Å². The number of hydrogen-bond donors (Lipinski definition) is 1. The summed E-state index contributed by atoms with van der Waals surface area (Å²) in [4.78, 5) is 12.1. The van der Waals surface area contributed by atoms with Crippen LogP contribution in [0.3, 0.4) is 0 Å². The molecule has 0 spiro atoms. The van der Waals surface area contributed by atoms with E-state index >= 15 is 0 Å². The Morgan fingerprint density at radius 3 is 2.82 bits per heavy atom. The summed E-state index contributed by atoms with van der Waals surface area (Å²) in [6.07, 6.45) is 1.96. The highest BCUT2D eigenvalue weighted by Crippen LogP contribution is 2.47. The van der Waals surface area contributed by atoms with Gasteiger partial charge in [-0.05, 0) is 24.5 Å². The largest absolute Gasteiger partial charge is 0.487 e. The predicted octanol–water partition coefficient (Wildman–Crippen LogP) is 1.72. The molecule has 0 saturated heterocycles. The Morgan fingerprint density at radius 2 is 2.18 bits per heavy atom. The summed E-state index contributed by atoms with van der Waals surface area (Å²) in [5.41, 5.74) is 3.75. The SMILES string of the molecule is CCC1C(=O)Nc2c(C)cc3c(c21)OC(COS(C)(=O)=O)C3. The van der Waals surface area contributed by atoms with E-state index in [9.17, 15) is 13.2 Å². The molecule has 1 aromatic rings. The Labute approximate surface area is 129 Å². The molecule has 2 aliphatic rings. The number of hydrogen-bond acceptors (Lipinski definition) is 5. The molecule has 6 nitrogen and oxygen atoms in total. The molecule has 0 saturated carbocycles. The lowest BCUT2D eigenvalue weighted by molar-refractivity contribution is -0.117. The number of anilines is 1. The maximum Gasteiger partial charge on any atom is 0.264 e. The number of rotatable bonds is 4. The van der Waals surface area contributed by atoms with Crippen molar-refractivity contribution in [3.63, 3.8) is 0 Å². The van der Waals surface area contributed by atoms with Gasteiger partial charge in [-0.2, -0.15) is 8.42 Å². The molecule has 0 bridgehead atoms. The van der Waals surface area contributed by atoms with Gasteiger partial charge in [-0.3, -0.25) is 8.98 Å². The normalized spacial score (nSPS) is 23.0. The molecule has 22 heavy (non-hydrogen) atoms. The predicted molar refractivity (Wildman–Crippen MR) is 81.8 cm³/mol. The molecule has 1 aromatic carbocycles. The summed E-state index contributed by atoms with van der Waals surface area (Å²) in [7, 11) is -3.49. The number of carbonyl (C=O) groups excluding carboxylic acids is 1. The Kier molecular flexibility index (Phi) is 3.65. The van der Waals surface area contributed by atoms with E-state index in [-0.39, 0.29) is 24.5 Å². The number of nitrogens with one attached hydrogen (secondary N) is 1. The van der Waals surface area contributed by atoms with Gasteiger partial charge in [0, 0.05) is 12.0 Å². The lowest BCUT2D eigenvalue weighted by atomic mass is 9.93. The first-order valence-corrected chi connectivity index (χ1v) is 9.10. The Bertz CT molecular complexity index is 741. The van der Waals surface area contributed by atoms with Crippen molar-refractivity contribution >= 4 is 21.7 Å². The van der Waals surface area contributed by atoms with Crippen molar-refractivity contribution in [2.24, 2.45) is 0 Å². The van der Waals surface area contributed by atoms with Gasteiger partial charge in [0.05, 0.1) is 17.9 Å². The van der Waals surface area contributed by atoms with Gasteiger partial charge in [-0.15, -0.1) is 0 Å². The van der Waals surface area contributed by atoms with Crippen LogP contribution >= 0.6 is 0 Å². The number of carbonyl (C=O) groups is 1. The highest BCUT2D eigenvalue weighted by molar-refractivity contribution is 7.85. The fraction of sp³-hybridized carbons (Fsp3) is 0.533. The lowest BCUT2D eigenvalue weighted by Gasteiger charge is -2.14. The first-order chi connectivity index (χ1) is 10.3. The first kappa shape index (κ1) is 15.3. The van der Waals surface area contributed by atoms with Crippen LogP contribution < -0.4 is 10.1 Å². The van der Waals surface area contributed by atoms with Crippen molar-refractivity contribution in [3.05, 3.63) is 22.8 Å². The van der Waals surface area contributed by atoms with Gasteiger partial charge in [-0.25, -0.2) is 0 Å². The van der Waals surface area contributed by atoms with Crippen molar-refractivity contribution in [1.29, 1.82) is 0 Å². The van der Waals surface area contributed by atoms with Crippen molar-refractivity contribution in [3.8, 4) is 5.75 Å². The molecule has 0 aromatic heterocycles. The van der Waals surface area contributed by atoms with E-state index < -0.39 is 10.1 Å². The minimum absolute atomic E-state index is 0.00608. The second-order valence-electron chi connectivity index (χ2n) is 5.85. The van der Waals surface area contributed by atoms with Crippen LogP contribution in [0.4, 0.5) is 5.69 Å². The standard InChI is InChI=1S/C15H19NO5S/c1-4-11-12-13(16-15(11)17)8(2)5-9-6-10(21-14(9)12)7-20-22(3,18)19/h5,10-11H,4,6-7H2,1-3H3,(H,16,17). The molecular formula is C15H19NO5S. The molecule has 7 heteroatoms.